The summed E-state index contributed by atoms with van der Waals surface area (Å²) in [6.07, 6.45) is 4.18. The van der Waals surface area contributed by atoms with Crippen LogP contribution in [0.5, 0.6) is 0 Å². The monoisotopic (exact) mass is 223 g/mol. The van der Waals surface area contributed by atoms with Crippen molar-refractivity contribution < 1.29 is 9.84 Å². The summed E-state index contributed by atoms with van der Waals surface area (Å²) in [7, 11) is 0. The van der Waals surface area contributed by atoms with Crippen molar-refractivity contribution >= 4 is 0 Å². The highest BCUT2D eigenvalue weighted by Crippen LogP contribution is 2.39. The lowest BCUT2D eigenvalue weighted by atomic mass is 9.76. The van der Waals surface area contributed by atoms with Gasteiger partial charge in [-0.25, -0.2) is 9.97 Å². The molecule has 5 heteroatoms. The van der Waals surface area contributed by atoms with E-state index in [1.165, 1.54) is 6.33 Å². The fourth-order valence-corrected chi connectivity index (χ4v) is 2.14. The first-order valence-corrected chi connectivity index (χ1v) is 5.50. The van der Waals surface area contributed by atoms with Crippen LogP contribution in [0.1, 0.15) is 24.6 Å². The second-order valence-corrected chi connectivity index (χ2v) is 4.26. The van der Waals surface area contributed by atoms with Crippen molar-refractivity contribution in [1.29, 1.82) is 0 Å². The van der Waals surface area contributed by atoms with Gasteiger partial charge in [-0.05, 0) is 18.9 Å². The molecule has 2 unspecified atom stereocenters. The highest BCUT2D eigenvalue weighted by molar-refractivity contribution is 5.08. The first-order valence-electron chi connectivity index (χ1n) is 5.50. The van der Waals surface area contributed by atoms with Crippen LogP contribution in [0.25, 0.3) is 0 Å². The Bertz CT molecular complexity index is 325. The molecule has 2 rings (SSSR count). The Kier molecular flexibility index (Phi) is 3.48. The van der Waals surface area contributed by atoms with Gasteiger partial charge in [0.2, 0.25) is 0 Å². The molecular formula is C11H17N3O2. The lowest BCUT2D eigenvalue weighted by molar-refractivity contribution is -0.0797. The molecule has 1 aromatic heterocycles. The number of nitrogens with zero attached hydrogens (tertiary/aromatic N) is 2. The Balaban J connectivity index is 2.20. The summed E-state index contributed by atoms with van der Waals surface area (Å²) in [5.74, 6) is 0. The van der Waals surface area contributed by atoms with Crippen molar-refractivity contribution in [3.63, 3.8) is 0 Å². The van der Waals surface area contributed by atoms with Crippen LogP contribution in [0.3, 0.4) is 0 Å². The predicted octanol–water partition coefficient (Wildman–Crippen LogP) is 0.265. The van der Waals surface area contributed by atoms with Crippen molar-refractivity contribution in [1.82, 2.24) is 9.97 Å². The van der Waals surface area contributed by atoms with Crippen molar-refractivity contribution in [2.24, 2.45) is 11.1 Å². The fourth-order valence-electron chi connectivity index (χ4n) is 2.14. The molecule has 0 bridgehead atoms. The average molecular weight is 223 g/mol. The van der Waals surface area contributed by atoms with Crippen LogP contribution in [0.15, 0.2) is 18.6 Å². The van der Waals surface area contributed by atoms with Crippen molar-refractivity contribution in [2.75, 3.05) is 19.8 Å². The Morgan fingerprint density at radius 1 is 1.62 bits per heavy atom. The maximum absolute atomic E-state index is 10.3. The van der Waals surface area contributed by atoms with E-state index in [0.717, 1.165) is 19.4 Å². The molecule has 0 radical (unpaired) electrons. The summed E-state index contributed by atoms with van der Waals surface area (Å²) >= 11 is 0. The zero-order chi connectivity index (χ0) is 11.4. The van der Waals surface area contributed by atoms with Gasteiger partial charge in [-0.1, -0.05) is 0 Å². The fraction of sp³-hybridized carbons (Fsp3) is 0.636. The molecule has 1 saturated heterocycles. The van der Waals surface area contributed by atoms with Crippen molar-refractivity contribution in [3.05, 3.63) is 24.3 Å². The first kappa shape index (κ1) is 11.4. The number of aromatic nitrogens is 2. The Hall–Kier alpha value is -1.04. The van der Waals surface area contributed by atoms with Gasteiger partial charge in [0.1, 0.15) is 12.4 Å². The molecule has 0 amide bonds. The van der Waals surface area contributed by atoms with Crippen LogP contribution in [0.2, 0.25) is 0 Å². The van der Waals surface area contributed by atoms with E-state index >= 15 is 0 Å². The number of rotatable bonds is 3. The summed E-state index contributed by atoms with van der Waals surface area (Å²) in [4.78, 5) is 7.91. The van der Waals surface area contributed by atoms with Gasteiger partial charge in [0.05, 0.1) is 12.3 Å². The number of aliphatic hydroxyl groups is 1. The normalized spacial score (nSPS) is 27.6. The van der Waals surface area contributed by atoms with E-state index in [9.17, 15) is 5.11 Å². The van der Waals surface area contributed by atoms with Gasteiger partial charge >= 0.3 is 0 Å². The molecule has 1 aliphatic heterocycles. The summed E-state index contributed by atoms with van der Waals surface area (Å²) in [6.45, 7) is 1.64. The van der Waals surface area contributed by atoms with Crippen LogP contribution in [-0.2, 0) is 4.74 Å². The van der Waals surface area contributed by atoms with E-state index in [2.05, 4.69) is 9.97 Å². The summed E-state index contributed by atoms with van der Waals surface area (Å²) < 4.78 is 5.44. The third-order valence-corrected chi connectivity index (χ3v) is 3.22. The minimum Gasteiger partial charge on any atom is -0.386 e. The van der Waals surface area contributed by atoms with E-state index in [0.29, 0.717) is 18.8 Å². The minimum absolute atomic E-state index is 0.396. The second-order valence-electron chi connectivity index (χ2n) is 4.26. The van der Waals surface area contributed by atoms with Gasteiger partial charge in [0.15, 0.2) is 0 Å². The molecule has 5 nitrogen and oxygen atoms in total. The third kappa shape index (κ3) is 2.07. The molecule has 88 valence electrons. The van der Waals surface area contributed by atoms with Crippen LogP contribution in [0.4, 0.5) is 0 Å². The van der Waals surface area contributed by atoms with Crippen LogP contribution in [0, 0.1) is 5.41 Å². The number of hydrogen-bond donors (Lipinski definition) is 2. The summed E-state index contributed by atoms with van der Waals surface area (Å²) in [5.41, 5.74) is 6.01. The molecule has 0 spiro atoms. The smallest absolute Gasteiger partial charge is 0.115 e. The zero-order valence-electron chi connectivity index (χ0n) is 9.17. The Labute approximate surface area is 94.7 Å². The SMILES string of the molecule is NCC1(C(O)c2ccncn2)CCCOC1. The van der Waals surface area contributed by atoms with Gasteiger partial charge in [-0.2, -0.15) is 0 Å². The first-order chi connectivity index (χ1) is 7.78. The highest BCUT2D eigenvalue weighted by atomic mass is 16.5. The van der Waals surface area contributed by atoms with Gasteiger partial charge in [-0.15, -0.1) is 0 Å². The maximum atomic E-state index is 10.3. The summed E-state index contributed by atoms with van der Waals surface area (Å²) in [5, 5.41) is 10.3. The molecule has 2 atom stereocenters. The largest absolute Gasteiger partial charge is 0.386 e. The summed E-state index contributed by atoms with van der Waals surface area (Å²) in [6, 6.07) is 1.72. The maximum Gasteiger partial charge on any atom is 0.115 e. The van der Waals surface area contributed by atoms with Gasteiger partial charge < -0.3 is 15.6 Å². The second kappa shape index (κ2) is 4.86. The highest BCUT2D eigenvalue weighted by Gasteiger charge is 2.40. The van der Waals surface area contributed by atoms with E-state index < -0.39 is 11.5 Å². The molecule has 2 heterocycles. The van der Waals surface area contributed by atoms with E-state index in [-0.39, 0.29) is 0 Å². The van der Waals surface area contributed by atoms with Crippen LogP contribution in [-0.4, -0.2) is 34.8 Å². The lowest BCUT2D eigenvalue weighted by Gasteiger charge is -2.39. The number of aliphatic hydroxyl groups excluding tert-OH is 1. The quantitative estimate of drug-likeness (QED) is 0.768. The molecule has 1 aromatic rings. The molecule has 16 heavy (non-hydrogen) atoms. The van der Waals surface area contributed by atoms with Crippen LogP contribution >= 0.6 is 0 Å². The molecular weight excluding hydrogens is 206 g/mol. The topological polar surface area (TPSA) is 81.3 Å². The lowest BCUT2D eigenvalue weighted by Crippen LogP contribution is -2.43. The molecule has 1 aliphatic rings. The molecule has 0 aromatic carbocycles. The third-order valence-electron chi connectivity index (χ3n) is 3.22. The van der Waals surface area contributed by atoms with Gasteiger partial charge in [0, 0.05) is 24.8 Å². The van der Waals surface area contributed by atoms with Crippen molar-refractivity contribution in [2.45, 2.75) is 18.9 Å². The Morgan fingerprint density at radius 2 is 2.50 bits per heavy atom. The van der Waals surface area contributed by atoms with E-state index in [4.69, 9.17) is 10.5 Å². The predicted molar refractivity (Wildman–Crippen MR) is 58.5 cm³/mol. The Morgan fingerprint density at radius 3 is 3.06 bits per heavy atom. The molecule has 0 saturated carbocycles. The van der Waals surface area contributed by atoms with Gasteiger partial charge in [-0.3, -0.25) is 0 Å². The van der Waals surface area contributed by atoms with E-state index in [1.807, 2.05) is 0 Å². The van der Waals surface area contributed by atoms with Gasteiger partial charge in [0.25, 0.3) is 0 Å². The van der Waals surface area contributed by atoms with Crippen molar-refractivity contribution in [3.8, 4) is 0 Å². The number of hydrogen-bond acceptors (Lipinski definition) is 5. The zero-order valence-corrected chi connectivity index (χ0v) is 9.17. The number of ether oxygens (including phenoxy) is 1. The van der Waals surface area contributed by atoms with E-state index in [1.54, 1.807) is 12.3 Å². The number of nitrogens with two attached hydrogens (primary N) is 1. The standard InChI is InChI=1S/C11H17N3O2/c12-6-11(3-1-5-16-7-11)10(15)9-2-4-13-8-14-9/h2,4,8,10,15H,1,3,5-7,12H2. The minimum atomic E-state index is -0.680. The molecule has 3 N–H and O–H groups in total. The molecule has 0 aliphatic carbocycles. The van der Waals surface area contributed by atoms with Crippen LogP contribution < -0.4 is 5.73 Å². The average Bonchev–Trinajstić information content (AvgIpc) is 2.39. The molecule has 1 fully saturated rings.